The molecule has 0 saturated heterocycles. The Hall–Kier alpha value is -1.58. The van der Waals surface area contributed by atoms with E-state index in [0.717, 1.165) is 11.6 Å². The SMILES string of the molecule is CC#N.CC#N.CC(C)P(Nc1cccc(NP(C(C)C)C(C)C)n1)C(C)C.F[B-](F)(F)F.F[B-](F)(F)F.[C-]#[O+].[Fe+2]. The fourth-order valence-electron chi connectivity index (χ4n) is 2.53. The Morgan fingerprint density at radius 2 is 0.854 bits per heavy atom. The van der Waals surface area contributed by atoms with Crippen molar-refractivity contribution in [3.63, 3.8) is 0 Å². The van der Waals surface area contributed by atoms with Crippen molar-refractivity contribution in [1.29, 1.82) is 10.5 Å². The average Bonchev–Trinajstić information content (AvgIpc) is 2.75. The van der Waals surface area contributed by atoms with Crippen molar-refractivity contribution >= 4 is 42.3 Å². The molecule has 1 rings (SSSR count). The van der Waals surface area contributed by atoms with Gasteiger partial charge in [0, 0.05) is 13.8 Å². The maximum atomic E-state index is 9.75. The molecule has 0 aliphatic heterocycles. The summed E-state index contributed by atoms with van der Waals surface area (Å²) < 4.78 is 85.5. The van der Waals surface area contributed by atoms with Crippen molar-refractivity contribution in [2.24, 2.45) is 0 Å². The van der Waals surface area contributed by atoms with Crippen LogP contribution in [0.25, 0.3) is 0 Å². The summed E-state index contributed by atoms with van der Waals surface area (Å²) in [7, 11) is -12.5. The molecule has 0 amide bonds. The zero-order valence-corrected chi connectivity index (χ0v) is 27.6. The second-order valence-electron chi connectivity index (χ2n) is 8.26. The predicted octanol–water partition coefficient (Wildman–Crippen LogP) is 9.95. The molecule has 0 fully saturated rings. The zero-order chi connectivity index (χ0) is 33.3. The molecule has 0 unspecified atom stereocenters. The van der Waals surface area contributed by atoms with Crippen LogP contribution >= 0.6 is 16.1 Å². The predicted molar refractivity (Wildman–Crippen MR) is 153 cm³/mol. The molecule has 0 aliphatic carbocycles. The van der Waals surface area contributed by atoms with Crippen molar-refractivity contribution in [1.82, 2.24) is 4.98 Å². The van der Waals surface area contributed by atoms with E-state index < -0.39 is 14.5 Å². The van der Waals surface area contributed by atoms with Crippen molar-refractivity contribution in [3.8, 4) is 12.1 Å². The van der Waals surface area contributed by atoms with E-state index in [1.54, 1.807) is 12.1 Å². The third kappa shape index (κ3) is 48.5. The number of hydrogen-bond donors (Lipinski definition) is 2. The summed E-state index contributed by atoms with van der Waals surface area (Å²) >= 11 is 0. The van der Waals surface area contributed by atoms with Gasteiger partial charge in [0.25, 0.3) is 0 Å². The molecule has 0 saturated carbocycles. The Morgan fingerprint density at radius 3 is 1.00 bits per heavy atom. The summed E-state index contributed by atoms with van der Waals surface area (Å²) in [6, 6.07) is 9.76. The first kappa shape index (κ1) is 52.1. The molecular weight excluding hydrogens is 642 g/mol. The van der Waals surface area contributed by atoms with Gasteiger partial charge in [-0.15, -0.1) is 0 Å². The van der Waals surface area contributed by atoms with Gasteiger partial charge in [-0.05, 0) is 50.9 Å². The Bertz CT molecular complexity index is 765. The van der Waals surface area contributed by atoms with Crippen LogP contribution in [0.2, 0.25) is 0 Å². The normalized spacial score (nSPS) is 9.95. The van der Waals surface area contributed by atoms with Gasteiger partial charge in [-0.3, -0.25) is 0 Å². The molecule has 0 radical (unpaired) electrons. The zero-order valence-electron chi connectivity index (χ0n) is 24.7. The fourth-order valence-corrected chi connectivity index (χ4v) is 6.73. The fraction of sp³-hybridized carbons (Fsp3) is 0.636. The Balaban J connectivity index is -0.000000132. The number of aromatic nitrogens is 1. The van der Waals surface area contributed by atoms with Gasteiger partial charge >= 0.3 is 42.9 Å². The molecule has 0 atom stereocenters. The van der Waals surface area contributed by atoms with Gasteiger partial charge in [-0.1, -0.05) is 61.5 Å². The first-order valence-electron chi connectivity index (χ1n) is 11.7. The molecule has 0 aliphatic rings. The molecule has 238 valence electrons. The Kier molecular flexibility index (Phi) is 38.0. The van der Waals surface area contributed by atoms with E-state index in [1.807, 2.05) is 0 Å². The van der Waals surface area contributed by atoms with E-state index in [9.17, 15) is 34.5 Å². The molecular formula is C22H39B2F8FeN5OP2. The third-order valence-corrected chi connectivity index (χ3v) is 8.89. The number of hydrogen-bond acceptors (Lipinski definition) is 5. The van der Waals surface area contributed by atoms with Gasteiger partial charge in [0.05, 0.1) is 12.1 Å². The van der Waals surface area contributed by atoms with Gasteiger partial charge in [0.1, 0.15) is 11.6 Å². The number of nitrogens with zero attached hydrogens (tertiary/aromatic N) is 3. The Morgan fingerprint density at radius 1 is 0.683 bits per heavy atom. The molecule has 1 aromatic heterocycles. The van der Waals surface area contributed by atoms with E-state index >= 15 is 0 Å². The van der Waals surface area contributed by atoms with Crippen LogP contribution in [-0.4, -0.2) is 42.1 Å². The van der Waals surface area contributed by atoms with Gasteiger partial charge < -0.3 is 44.7 Å². The van der Waals surface area contributed by atoms with Gasteiger partial charge in [0.2, 0.25) is 0 Å². The van der Waals surface area contributed by atoms with Crippen molar-refractivity contribution in [2.45, 2.75) is 91.9 Å². The van der Waals surface area contributed by atoms with Gasteiger partial charge in [0.15, 0.2) is 0 Å². The molecule has 1 aromatic rings. The van der Waals surface area contributed by atoms with Crippen molar-refractivity contribution in [3.05, 3.63) is 24.8 Å². The maximum absolute atomic E-state index is 9.75. The second-order valence-corrected chi connectivity index (χ2v) is 14.5. The molecule has 19 heteroatoms. The summed E-state index contributed by atoms with van der Waals surface area (Å²) in [5.41, 5.74) is 2.60. The summed E-state index contributed by atoms with van der Waals surface area (Å²) in [4.78, 5) is 4.79. The van der Waals surface area contributed by atoms with Crippen LogP contribution in [0.4, 0.5) is 46.2 Å². The Labute approximate surface area is 252 Å². The van der Waals surface area contributed by atoms with E-state index in [4.69, 9.17) is 20.2 Å². The second kappa shape index (κ2) is 29.9. The van der Waals surface area contributed by atoms with Crippen LogP contribution in [0, 0.1) is 29.3 Å². The van der Waals surface area contributed by atoms with E-state index in [-0.39, 0.29) is 33.2 Å². The monoisotopic (exact) mass is 681 g/mol. The molecule has 1 heterocycles. The molecule has 0 aromatic carbocycles. The van der Waals surface area contributed by atoms with E-state index in [1.165, 1.54) is 13.8 Å². The minimum atomic E-state index is -6.00. The first-order chi connectivity index (χ1) is 18.0. The summed E-state index contributed by atoms with van der Waals surface area (Å²) in [5, 5.41) is 22.0. The van der Waals surface area contributed by atoms with Crippen molar-refractivity contribution in [2.75, 3.05) is 10.2 Å². The minimum Gasteiger partial charge on any atom is 2.00 e. The summed E-state index contributed by atoms with van der Waals surface area (Å²) in [5.74, 6) is 2.00. The number of pyridine rings is 1. The standard InChI is InChI=1S/C17H33N3P2.2C2H3N.CO.2BF4.Fe/c1-12(2)21(13(3)4)19-16-10-9-11-17(18-16)20-22(14(5)6)15(7)8;2*1-2-3;1-2;2*2-1(3,4)5;/h9-15H,1-8H3,(H2,18,19,20);2*1H3;;;;/q;;;;2*-1;+2. The summed E-state index contributed by atoms with van der Waals surface area (Å²) in [6.45, 7) is 25.7. The molecule has 6 nitrogen and oxygen atoms in total. The van der Waals surface area contributed by atoms with Crippen molar-refractivity contribution < 1.29 is 56.2 Å². The van der Waals surface area contributed by atoms with Gasteiger partial charge in [-0.25, -0.2) is 4.98 Å². The van der Waals surface area contributed by atoms with E-state index in [0.29, 0.717) is 22.6 Å². The van der Waals surface area contributed by atoms with Crippen LogP contribution in [0.5, 0.6) is 0 Å². The van der Waals surface area contributed by atoms with Crippen LogP contribution in [0.3, 0.4) is 0 Å². The van der Waals surface area contributed by atoms with Crippen LogP contribution in [-0.2, 0) is 21.7 Å². The first-order valence-corrected chi connectivity index (χ1v) is 14.6. The number of nitrogens with one attached hydrogen (secondary N) is 2. The smallest absolute Gasteiger partial charge is 2.00 e. The van der Waals surface area contributed by atoms with Crippen LogP contribution < -0.4 is 10.2 Å². The number of anilines is 2. The van der Waals surface area contributed by atoms with E-state index in [2.05, 4.69) is 90.4 Å². The summed E-state index contributed by atoms with van der Waals surface area (Å²) in [6.07, 6.45) is 0. The number of nitriles is 2. The maximum Gasteiger partial charge on any atom is 2.00 e. The molecule has 0 spiro atoms. The third-order valence-electron chi connectivity index (χ3n) is 3.46. The van der Waals surface area contributed by atoms with Crippen LogP contribution in [0.15, 0.2) is 18.2 Å². The van der Waals surface area contributed by atoms with Gasteiger partial charge in [-0.2, -0.15) is 10.5 Å². The molecule has 41 heavy (non-hydrogen) atoms. The largest absolute Gasteiger partial charge is 2.00 e. The molecule has 0 bridgehead atoms. The minimum absolute atomic E-state index is 0. The number of rotatable bonds is 8. The average molecular weight is 681 g/mol. The molecule has 2 N–H and O–H groups in total. The van der Waals surface area contributed by atoms with Crippen LogP contribution in [0.1, 0.15) is 69.2 Å². The quantitative estimate of drug-likeness (QED) is 0.0935. The topological polar surface area (TPSA) is 104 Å². The number of halogens is 8.